The van der Waals surface area contributed by atoms with Crippen molar-refractivity contribution in [3.8, 4) is 0 Å². The predicted molar refractivity (Wildman–Crippen MR) is 46.4 cm³/mol. The first-order valence-corrected chi connectivity index (χ1v) is 4.61. The predicted octanol–water partition coefficient (Wildman–Crippen LogP) is 2.65. The van der Waals surface area contributed by atoms with Gasteiger partial charge in [-0.05, 0) is 31.6 Å². The second-order valence-electron chi connectivity index (χ2n) is 4.18. The van der Waals surface area contributed by atoms with Gasteiger partial charge in [0.05, 0.1) is 0 Å². The Morgan fingerprint density at radius 1 is 1.55 bits per heavy atom. The maximum absolute atomic E-state index is 10.9. The third-order valence-corrected chi connectivity index (χ3v) is 2.56. The Labute approximate surface area is 69.2 Å². The SMILES string of the molecule is CC(=O)C1CC1CCC(C)C. The average Bonchev–Trinajstić information content (AvgIpc) is 2.61. The van der Waals surface area contributed by atoms with Crippen LogP contribution in [0.2, 0.25) is 0 Å². The third-order valence-electron chi connectivity index (χ3n) is 2.56. The molecule has 0 aromatic rings. The van der Waals surface area contributed by atoms with Gasteiger partial charge in [-0.15, -0.1) is 0 Å². The summed E-state index contributed by atoms with van der Waals surface area (Å²) in [6.45, 7) is 6.20. The van der Waals surface area contributed by atoms with Crippen molar-refractivity contribution < 1.29 is 4.79 Å². The molecule has 2 atom stereocenters. The van der Waals surface area contributed by atoms with Crippen molar-refractivity contribution in [1.29, 1.82) is 0 Å². The molecule has 0 aromatic carbocycles. The average molecular weight is 154 g/mol. The molecule has 1 fully saturated rings. The van der Waals surface area contributed by atoms with Crippen molar-refractivity contribution in [1.82, 2.24) is 0 Å². The minimum atomic E-state index is 0.402. The summed E-state index contributed by atoms with van der Waals surface area (Å²) in [5, 5.41) is 0. The first kappa shape index (κ1) is 8.76. The van der Waals surface area contributed by atoms with Crippen LogP contribution in [-0.4, -0.2) is 5.78 Å². The van der Waals surface area contributed by atoms with E-state index >= 15 is 0 Å². The summed E-state index contributed by atoms with van der Waals surface area (Å²) in [6, 6.07) is 0. The molecule has 0 N–H and O–H groups in total. The highest BCUT2D eigenvalue weighted by Crippen LogP contribution is 2.43. The number of carbonyl (C=O) groups is 1. The lowest BCUT2D eigenvalue weighted by Gasteiger charge is -2.01. The van der Waals surface area contributed by atoms with Crippen molar-refractivity contribution in [2.75, 3.05) is 0 Å². The van der Waals surface area contributed by atoms with Crippen LogP contribution in [-0.2, 0) is 4.79 Å². The molecule has 1 aliphatic carbocycles. The molecular formula is C10H18O. The van der Waals surface area contributed by atoms with Gasteiger partial charge in [0.25, 0.3) is 0 Å². The van der Waals surface area contributed by atoms with E-state index in [0.717, 1.165) is 11.8 Å². The minimum Gasteiger partial charge on any atom is -0.300 e. The zero-order valence-electron chi connectivity index (χ0n) is 7.76. The smallest absolute Gasteiger partial charge is 0.133 e. The second kappa shape index (κ2) is 3.38. The van der Waals surface area contributed by atoms with Gasteiger partial charge >= 0.3 is 0 Å². The molecule has 1 saturated carbocycles. The van der Waals surface area contributed by atoms with E-state index in [4.69, 9.17) is 0 Å². The van der Waals surface area contributed by atoms with Crippen molar-refractivity contribution in [2.24, 2.45) is 17.8 Å². The summed E-state index contributed by atoms with van der Waals surface area (Å²) < 4.78 is 0. The highest BCUT2D eigenvalue weighted by Gasteiger charge is 2.39. The van der Waals surface area contributed by atoms with Crippen molar-refractivity contribution in [3.05, 3.63) is 0 Å². The summed E-state index contributed by atoms with van der Waals surface area (Å²) in [5.74, 6) is 2.38. The Bertz CT molecular complexity index is 149. The van der Waals surface area contributed by atoms with Gasteiger partial charge in [0.15, 0.2) is 0 Å². The summed E-state index contributed by atoms with van der Waals surface area (Å²) in [6.07, 6.45) is 3.72. The van der Waals surface area contributed by atoms with Crippen molar-refractivity contribution >= 4 is 5.78 Å². The Morgan fingerprint density at radius 2 is 2.18 bits per heavy atom. The van der Waals surface area contributed by atoms with Gasteiger partial charge in [-0.2, -0.15) is 0 Å². The van der Waals surface area contributed by atoms with Crippen LogP contribution in [0.3, 0.4) is 0 Å². The topological polar surface area (TPSA) is 17.1 Å². The fraction of sp³-hybridized carbons (Fsp3) is 0.900. The van der Waals surface area contributed by atoms with Crippen LogP contribution in [0.5, 0.6) is 0 Å². The summed E-state index contributed by atoms with van der Waals surface area (Å²) in [7, 11) is 0. The van der Waals surface area contributed by atoms with E-state index in [-0.39, 0.29) is 0 Å². The molecule has 0 radical (unpaired) electrons. The Kier molecular flexibility index (Phi) is 2.69. The maximum Gasteiger partial charge on any atom is 0.133 e. The van der Waals surface area contributed by atoms with E-state index in [0.29, 0.717) is 11.7 Å². The molecule has 0 aromatic heterocycles. The molecule has 64 valence electrons. The standard InChI is InChI=1S/C10H18O/c1-7(2)4-5-9-6-10(9)8(3)11/h7,9-10H,4-6H2,1-3H3. The van der Waals surface area contributed by atoms with Gasteiger partial charge in [-0.1, -0.05) is 20.3 Å². The quantitative estimate of drug-likeness (QED) is 0.608. The van der Waals surface area contributed by atoms with E-state index in [2.05, 4.69) is 13.8 Å². The van der Waals surface area contributed by atoms with Gasteiger partial charge < -0.3 is 0 Å². The third kappa shape index (κ3) is 2.64. The van der Waals surface area contributed by atoms with Gasteiger partial charge in [0.2, 0.25) is 0 Å². The van der Waals surface area contributed by atoms with Crippen LogP contribution in [0.1, 0.15) is 40.0 Å². The summed E-state index contributed by atoms with van der Waals surface area (Å²) in [5.41, 5.74) is 0. The normalized spacial score (nSPS) is 29.1. The largest absolute Gasteiger partial charge is 0.300 e. The number of ketones is 1. The molecule has 1 nitrogen and oxygen atoms in total. The molecule has 1 aliphatic rings. The fourth-order valence-corrected chi connectivity index (χ4v) is 1.61. The molecule has 0 aliphatic heterocycles. The Hall–Kier alpha value is -0.330. The maximum atomic E-state index is 10.9. The Morgan fingerprint density at radius 3 is 2.55 bits per heavy atom. The van der Waals surface area contributed by atoms with E-state index < -0.39 is 0 Å². The molecule has 0 amide bonds. The van der Waals surface area contributed by atoms with Gasteiger partial charge in [-0.25, -0.2) is 0 Å². The minimum absolute atomic E-state index is 0.402. The number of hydrogen-bond acceptors (Lipinski definition) is 1. The van der Waals surface area contributed by atoms with E-state index in [1.54, 1.807) is 6.92 Å². The van der Waals surface area contributed by atoms with Crippen LogP contribution >= 0.6 is 0 Å². The van der Waals surface area contributed by atoms with Crippen LogP contribution in [0.15, 0.2) is 0 Å². The lowest BCUT2D eigenvalue weighted by Crippen LogP contribution is -1.96. The molecule has 0 saturated heterocycles. The van der Waals surface area contributed by atoms with Crippen LogP contribution in [0.25, 0.3) is 0 Å². The number of rotatable bonds is 4. The second-order valence-corrected chi connectivity index (χ2v) is 4.18. The highest BCUT2D eigenvalue weighted by atomic mass is 16.1. The van der Waals surface area contributed by atoms with Crippen LogP contribution < -0.4 is 0 Å². The van der Waals surface area contributed by atoms with Gasteiger partial charge in [0, 0.05) is 5.92 Å². The molecular weight excluding hydrogens is 136 g/mol. The fourth-order valence-electron chi connectivity index (χ4n) is 1.61. The lowest BCUT2D eigenvalue weighted by molar-refractivity contribution is -0.118. The molecule has 11 heavy (non-hydrogen) atoms. The van der Waals surface area contributed by atoms with Crippen LogP contribution in [0, 0.1) is 17.8 Å². The molecule has 2 unspecified atom stereocenters. The van der Waals surface area contributed by atoms with E-state index in [9.17, 15) is 4.79 Å². The zero-order valence-corrected chi connectivity index (χ0v) is 7.76. The molecule has 0 bridgehead atoms. The van der Waals surface area contributed by atoms with Gasteiger partial charge in [0.1, 0.15) is 5.78 Å². The number of Topliss-reactive ketones (excluding diaryl/α,β-unsaturated/α-hetero) is 1. The number of hydrogen-bond donors (Lipinski definition) is 0. The summed E-state index contributed by atoms with van der Waals surface area (Å²) >= 11 is 0. The van der Waals surface area contributed by atoms with Crippen LogP contribution in [0.4, 0.5) is 0 Å². The van der Waals surface area contributed by atoms with Gasteiger partial charge in [-0.3, -0.25) is 4.79 Å². The van der Waals surface area contributed by atoms with Crippen molar-refractivity contribution in [2.45, 2.75) is 40.0 Å². The monoisotopic (exact) mass is 154 g/mol. The molecule has 0 heterocycles. The first-order valence-electron chi connectivity index (χ1n) is 4.61. The summed E-state index contributed by atoms with van der Waals surface area (Å²) in [4.78, 5) is 10.9. The van der Waals surface area contributed by atoms with Crippen molar-refractivity contribution in [3.63, 3.8) is 0 Å². The lowest BCUT2D eigenvalue weighted by atomic mass is 10.0. The molecule has 1 heteroatoms. The number of carbonyl (C=O) groups excluding carboxylic acids is 1. The molecule has 0 spiro atoms. The van der Waals surface area contributed by atoms with E-state index in [1.165, 1.54) is 19.3 Å². The first-order chi connectivity index (χ1) is 5.11. The Balaban J connectivity index is 2.09. The highest BCUT2D eigenvalue weighted by molar-refractivity contribution is 5.81. The molecule has 1 rings (SSSR count). The zero-order chi connectivity index (χ0) is 8.43. The van der Waals surface area contributed by atoms with E-state index in [1.807, 2.05) is 0 Å².